The van der Waals surface area contributed by atoms with Crippen LogP contribution in [0.5, 0.6) is 0 Å². The largest absolute Gasteiger partial charge is 0.325 e. The Morgan fingerprint density at radius 1 is 0.846 bits per heavy atom. The molecule has 0 radical (unpaired) electrons. The second-order valence-electron chi connectivity index (χ2n) is 13.0. The van der Waals surface area contributed by atoms with Crippen molar-refractivity contribution in [1.82, 2.24) is 0 Å². The first-order valence-corrected chi connectivity index (χ1v) is 10.6. The minimum absolute atomic E-state index is 0.102. The molecule has 0 aliphatic heterocycles. The topological polar surface area (TPSA) is 26.0 Å². The van der Waals surface area contributed by atoms with Gasteiger partial charge in [-0.2, -0.15) is 0 Å². The predicted octanol–water partition coefficient (Wildman–Crippen LogP) is 7.99. The third-order valence-electron chi connectivity index (χ3n) is 6.66. The first kappa shape index (κ1) is 25.7. The van der Waals surface area contributed by atoms with E-state index < -0.39 is 0 Å². The molecule has 0 aromatic rings. The zero-order valence-corrected chi connectivity index (χ0v) is 20.6. The second kappa shape index (κ2) is 8.38. The van der Waals surface area contributed by atoms with E-state index in [4.69, 9.17) is 5.73 Å². The van der Waals surface area contributed by atoms with Crippen LogP contribution in [0.1, 0.15) is 116 Å². The zero-order chi connectivity index (χ0) is 21.2. The van der Waals surface area contributed by atoms with Crippen molar-refractivity contribution in [2.45, 2.75) is 121 Å². The van der Waals surface area contributed by atoms with E-state index in [0.717, 1.165) is 6.42 Å². The molecular weight excluding hydrogens is 314 g/mol. The van der Waals surface area contributed by atoms with Crippen LogP contribution in [-0.2, 0) is 0 Å². The number of rotatable bonds is 9. The lowest BCUT2D eigenvalue weighted by atomic mass is 9.59. The molecule has 0 aliphatic carbocycles. The molecule has 2 N–H and O–H groups in total. The fourth-order valence-corrected chi connectivity index (χ4v) is 4.20. The highest BCUT2D eigenvalue weighted by molar-refractivity contribution is 5.06. The number of hydrogen-bond acceptors (Lipinski definition) is 1. The summed E-state index contributed by atoms with van der Waals surface area (Å²) < 4.78 is 0. The Labute approximate surface area is 166 Å². The van der Waals surface area contributed by atoms with Gasteiger partial charge in [0.15, 0.2) is 0 Å². The van der Waals surface area contributed by atoms with Gasteiger partial charge in [-0.1, -0.05) is 80.9 Å². The lowest BCUT2D eigenvalue weighted by molar-refractivity contribution is 0.0582. The molecule has 0 saturated heterocycles. The Morgan fingerprint density at radius 3 is 1.69 bits per heavy atom. The summed E-state index contributed by atoms with van der Waals surface area (Å²) in [5.41, 5.74) is 9.00. The summed E-state index contributed by atoms with van der Waals surface area (Å²) in [4.78, 5) is 0. The summed E-state index contributed by atoms with van der Waals surface area (Å²) in [5, 5.41) is 0. The van der Waals surface area contributed by atoms with Crippen molar-refractivity contribution in [3.05, 3.63) is 11.6 Å². The van der Waals surface area contributed by atoms with Crippen LogP contribution >= 0.6 is 0 Å². The quantitative estimate of drug-likeness (QED) is 0.411. The minimum atomic E-state index is -0.102. The molecule has 0 amide bonds. The monoisotopic (exact) mass is 365 g/mol. The maximum absolute atomic E-state index is 6.31. The Morgan fingerprint density at radius 2 is 1.31 bits per heavy atom. The van der Waals surface area contributed by atoms with E-state index in [-0.39, 0.29) is 11.0 Å². The van der Waals surface area contributed by atoms with Gasteiger partial charge in [-0.15, -0.1) is 0 Å². The Bertz CT molecular complexity index is 463. The summed E-state index contributed by atoms with van der Waals surface area (Å²) >= 11 is 0. The second-order valence-corrected chi connectivity index (χ2v) is 13.0. The van der Waals surface area contributed by atoms with Gasteiger partial charge in [-0.25, -0.2) is 0 Å². The normalized spacial score (nSPS) is 16.8. The molecule has 156 valence electrons. The van der Waals surface area contributed by atoms with Crippen molar-refractivity contribution in [1.29, 1.82) is 0 Å². The Hall–Kier alpha value is -0.300. The van der Waals surface area contributed by atoms with E-state index in [1.54, 1.807) is 0 Å². The molecule has 1 nitrogen and oxygen atoms in total. The molecule has 0 saturated carbocycles. The molecule has 0 aliphatic rings. The van der Waals surface area contributed by atoms with E-state index in [9.17, 15) is 0 Å². The molecule has 0 aromatic heterocycles. The molecule has 0 rings (SSSR count). The van der Waals surface area contributed by atoms with Gasteiger partial charge in [-0.05, 0) is 74.0 Å². The van der Waals surface area contributed by atoms with Crippen molar-refractivity contribution in [2.24, 2.45) is 33.3 Å². The number of allylic oxidation sites excluding steroid dienone is 2. The number of nitrogens with two attached hydrogens (primary N) is 1. The van der Waals surface area contributed by atoms with Crippen LogP contribution < -0.4 is 5.73 Å². The van der Waals surface area contributed by atoms with Gasteiger partial charge in [0.25, 0.3) is 0 Å². The third-order valence-corrected chi connectivity index (χ3v) is 6.66. The average Bonchev–Trinajstić information content (AvgIpc) is 2.31. The van der Waals surface area contributed by atoms with Crippen LogP contribution in [0, 0.1) is 27.6 Å². The van der Waals surface area contributed by atoms with E-state index in [1.807, 2.05) is 0 Å². The molecule has 26 heavy (non-hydrogen) atoms. The van der Waals surface area contributed by atoms with Crippen molar-refractivity contribution in [2.75, 3.05) is 0 Å². The molecule has 0 fully saturated rings. The van der Waals surface area contributed by atoms with Gasteiger partial charge >= 0.3 is 0 Å². The van der Waals surface area contributed by atoms with Crippen LogP contribution in [-0.4, -0.2) is 5.54 Å². The van der Waals surface area contributed by atoms with Crippen LogP contribution in [0.2, 0.25) is 0 Å². The van der Waals surface area contributed by atoms with E-state index in [0.29, 0.717) is 22.2 Å². The summed E-state index contributed by atoms with van der Waals surface area (Å²) in [6, 6.07) is 0. The Balaban J connectivity index is 5.01. The van der Waals surface area contributed by atoms with Gasteiger partial charge in [0.05, 0.1) is 0 Å². The van der Waals surface area contributed by atoms with Crippen LogP contribution in [0.25, 0.3) is 0 Å². The van der Waals surface area contributed by atoms with Gasteiger partial charge in [0, 0.05) is 5.54 Å². The maximum atomic E-state index is 6.31. The van der Waals surface area contributed by atoms with E-state index in [2.05, 4.69) is 96.1 Å². The van der Waals surface area contributed by atoms with Gasteiger partial charge in [0.2, 0.25) is 0 Å². The molecule has 0 heterocycles. The van der Waals surface area contributed by atoms with Gasteiger partial charge in [-0.3, -0.25) is 0 Å². The zero-order valence-electron chi connectivity index (χ0n) is 20.6. The van der Waals surface area contributed by atoms with Crippen LogP contribution in [0.3, 0.4) is 0 Å². The average molecular weight is 366 g/mol. The van der Waals surface area contributed by atoms with Crippen LogP contribution in [0.15, 0.2) is 11.6 Å². The van der Waals surface area contributed by atoms with Gasteiger partial charge < -0.3 is 5.73 Å². The van der Waals surface area contributed by atoms with Crippen LogP contribution in [0.4, 0.5) is 0 Å². The van der Waals surface area contributed by atoms with E-state index >= 15 is 0 Å². The van der Waals surface area contributed by atoms with E-state index in [1.165, 1.54) is 24.8 Å². The molecule has 1 atom stereocenters. The van der Waals surface area contributed by atoms with Crippen molar-refractivity contribution >= 4 is 0 Å². The maximum Gasteiger partial charge on any atom is 0.0123 e. The first-order valence-electron chi connectivity index (χ1n) is 10.6. The number of hydrogen-bond donors (Lipinski definition) is 1. The standard InChI is InChI=1S/C25H51N/c1-19(14-15-22(6,7)17-20(2)25(12,13)26)16-23(8,9)24(10,11)18-21(3,4)5/h14,20H,15-18,26H2,1-13H3/b19-14+. The fraction of sp³-hybridized carbons (Fsp3) is 0.920. The summed E-state index contributed by atoms with van der Waals surface area (Å²) in [6.07, 6.45) is 7.21. The highest BCUT2D eigenvalue weighted by atomic mass is 14.7. The molecular formula is C25H51N. The summed E-state index contributed by atoms with van der Waals surface area (Å²) in [5.74, 6) is 0.522. The fourth-order valence-electron chi connectivity index (χ4n) is 4.20. The molecule has 1 unspecified atom stereocenters. The van der Waals surface area contributed by atoms with Gasteiger partial charge in [0.1, 0.15) is 0 Å². The Kier molecular flexibility index (Phi) is 8.28. The lowest BCUT2D eigenvalue weighted by Crippen LogP contribution is -2.41. The first-order chi connectivity index (χ1) is 11.2. The smallest absolute Gasteiger partial charge is 0.0123 e. The molecule has 1 heteroatoms. The SMILES string of the molecule is C/C(=C\CC(C)(C)CC(C)C(C)(C)N)CC(C)(C)C(C)(C)CC(C)(C)C. The predicted molar refractivity (Wildman–Crippen MR) is 120 cm³/mol. The molecule has 0 spiro atoms. The molecule has 0 bridgehead atoms. The minimum Gasteiger partial charge on any atom is -0.325 e. The third kappa shape index (κ3) is 9.07. The molecule has 0 aromatic carbocycles. The highest BCUT2D eigenvalue weighted by Gasteiger charge is 2.39. The van der Waals surface area contributed by atoms with Crippen molar-refractivity contribution in [3.8, 4) is 0 Å². The van der Waals surface area contributed by atoms with Crippen molar-refractivity contribution in [3.63, 3.8) is 0 Å². The highest BCUT2D eigenvalue weighted by Crippen LogP contribution is 2.49. The summed E-state index contributed by atoms with van der Waals surface area (Å²) in [7, 11) is 0. The lowest BCUT2D eigenvalue weighted by Gasteiger charge is -2.46. The summed E-state index contributed by atoms with van der Waals surface area (Å²) in [6.45, 7) is 30.5. The van der Waals surface area contributed by atoms with Crippen molar-refractivity contribution < 1.29 is 0 Å².